The molecule has 117 heavy (non-hydrogen) atoms. The summed E-state index contributed by atoms with van der Waals surface area (Å²) in [6.07, 6.45) is 0. The van der Waals surface area contributed by atoms with E-state index in [9.17, 15) is 0 Å². The van der Waals surface area contributed by atoms with E-state index in [1.165, 1.54) is 0 Å². The van der Waals surface area contributed by atoms with Gasteiger partial charge in [0.1, 0.15) is 33.5 Å². The van der Waals surface area contributed by atoms with Crippen LogP contribution < -0.4 is 0 Å². The van der Waals surface area contributed by atoms with E-state index < -0.39 is 0 Å². The molecule has 0 aliphatic heterocycles. The van der Waals surface area contributed by atoms with E-state index in [1.807, 2.05) is 152 Å². The molecule has 23 aromatic rings. The third-order valence-electron chi connectivity index (χ3n) is 21.9. The van der Waals surface area contributed by atoms with Crippen LogP contribution in [0.5, 0.6) is 0 Å². The van der Waals surface area contributed by atoms with Crippen LogP contribution in [0.2, 0.25) is 0 Å². The largest absolute Gasteiger partial charge is 0.456 e. The van der Waals surface area contributed by atoms with Gasteiger partial charge < -0.3 is 13.3 Å². The quantitative estimate of drug-likeness (QED) is 0.125. The summed E-state index contributed by atoms with van der Waals surface area (Å²) < 4.78 is 18.5. The number of benzene rings is 17. The van der Waals surface area contributed by atoms with Crippen molar-refractivity contribution in [3.05, 3.63) is 413 Å². The second kappa shape index (κ2) is 30.0. The van der Waals surface area contributed by atoms with Crippen molar-refractivity contribution < 1.29 is 13.3 Å². The van der Waals surface area contributed by atoms with Crippen molar-refractivity contribution in [2.45, 2.75) is 0 Å². The van der Waals surface area contributed by atoms with Crippen LogP contribution in [0, 0.1) is 0 Å². The lowest BCUT2D eigenvalue weighted by atomic mass is 9.96. The molecule has 0 N–H and O–H groups in total. The zero-order chi connectivity index (χ0) is 77.5. The molecule has 9 heteroatoms. The smallest absolute Gasteiger partial charge is 0.160 e. The van der Waals surface area contributed by atoms with E-state index in [0.717, 1.165) is 222 Å². The Morgan fingerprint density at radius 2 is 0.368 bits per heavy atom. The fourth-order valence-electron chi connectivity index (χ4n) is 16.0. The van der Waals surface area contributed by atoms with Crippen LogP contribution in [0.25, 0.3) is 222 Å². The molecule has 0 aliphatic carbocycles. The minimum Gasteiger partial charge on any atom is -0.456 e. The predicted octanol–water partition coefficient (Wildman–Crippen LogP) is 28.9. The maximum Gasteiger partial charge on any atom is 0.160 e. The van der Waals surface area contributed by atoms with Crippen LogP contribution in [-0.2, 0) is 0 Å². The van der Waals surface area contributed by atoms with Crippen LogP contribution >= 0.6 is 0 Å². The molecular weight excluding hydrogens is 1430 g/mol. The highest BCUT2D eigenvalue weighted by Gasteiger charge is 2.20. The van der Waals surface area contributed by atoms with Crippen LogP contribution in [0.1, 0.15) is 0 Å². The lowest BCUT2D eigenvalue weighted by Crippen LogP contribution is -1.95. The third kappa shape index (κ3) is 13.5. The van der Waals surface area contributed by atoms with Gasteiger partial charge in [0.25, 0.3) is 0 Å². The lowest BCUT2D eigenvalue weighted by Gasteiger charge is -2.12. The van der Waals surface area contributed by atoms with Gasteiger partial charge in [-0.1, -0.05) is 309 Å². The molecule has 0 fully saturated rings. The molecule has 0 saturated carbocycles. The third-order valence-corrected chi connectivity index (χ3v) is 21.9. The minimum absolute atomic E-state index is 0.724. The molecule has 6 aromatic heterocycles. The number of furan rings is 3. The Balaban J connectivity index is 0.000000110. The Morgan fingerprint density at radius 1 is 0.128 bits per heavy atom. The molecule has 6 heterocycles. The first-order valence-electron chi connectivity index (χ1n) is 39.2. The van der Waals surface area contributed by atoms with Crippen molar-refractivity contribution >= 4 is 98.5 Å². The molecular formula is C108H68N6O3. The molecule has 0 unspecified atom stereocenters. The van der Waals surface area contributed by atoms with Crippen molar-refractivity contribution in [1.29, 1.82) is 0 Å². The first kappa shape index (κ1) is 69.1. The van der Waals surface area contributed by atoms with E-state index in [1.54, 1.807) is 0 Å². The van der Waals surface area contributed by atoms with Gasteiger partial charge in [-0.3, -0.25) is 0 Å². The van der Waals surface area contributed by atoms with Crippen LogP contribution in [0.3, 0.4) is 0 Å². The molecule has 17 aromatic carbocycles. The van der Waals surface area contributed by atoms with E-state index in [-0.39, 0.29) is 0 Å². The first-order chi connectivity index (χ1) is 57.9. The Bertz CT molecular complexity index is 7680. The van der Waals surface area contributed by atoms with Gasteiger partial charge in [-0.05, 0) is 159 Å². The summed E-state index contributed by atoms with van der Waals surface area (Å²) in [7, 11) is 0. The zero-order valence-corrected chi connectivity index (χ0v) is 63.2. The van der Waals surface area contributed by atoms with Gasteiger partial charge >= 0.3 is 0 Å². The number of fused-ring (bicyclic) bond motifs is 12. The average Bonchev–Trinajstić information content (AvgIpc) is 1.30. The van der Waals surface area contributed by atoms with Crippen molar-refractivity contribution in [3.8, 4) is 124 Å². The number of rotatable bonds is 11. The molecule has 0 spiro atoms. The van der Waals surface area contributed by atoms with E-state index >= 15 is 0 Å². The summed E-state index contributed by atoms with van der Waals surface area (Å²) in [5.41, 5.74) is 28.5. The van der Waals surface area contributed by atoms with Crippen molar-refractivity contribution in [2.75, 3.05) is 0 Å². The van der Waals surface area contributed by atoms with Gasteiger partial charge in [0.2, 0.25) is 0 Å². The molecule has 0 saturated heterocycles. The van der Waals surface area contributed by atoms with Gasteiger partial charge in [0, 0.05) is 81.9 Å². The fourth-order valence-corrected chi connectivity index (χ4v) is 16.0. The SMILES string of the molecule is c1ccc(-c2nc(-c3ccccc3)c3cc(-c4ccc5c(c4)oc4ccccc45)ccc3n2)cc1.c1ccc(-c2nc(-c3ccccc3)c3cc(-c4cccc(-c5ccc6c(c5)oc5ccccc56)c4)ccc3n2)cc1.c1ccc(-c2nc(-c3ccccc3)c3ccc(-c4cccc(-c5ccc6c(c5)oc5ccccc56)c4)cc3n2)cc1. The van der Waals surface area contributed by atoms with Crippen LogP contribution in [0.4, 0.5) is 0 Å². The molecule has 9 nitrogen and oxygen atoms in total. The summed E-state index contributed by atoms with van der Waals surface area (Å²) in [5, 5.41) is 9.92. The number of para-hydroxylation sites is 3. The maximum atomic E-state index is 6.16. The van der Waals surface area contributed by atoms with Crippen LogP contribution in [0.15, 0.2) is 426 Å². The number of nitrogens with zero attached hydrogens (tertiary/aromatic N) is 6. The summed E-state index contributed by atoms with van der Waals surface area (Å²) in [4.78, 5) is 30.0. The second-order valence-corrected chi connectivity index (χ2v) is 29.2. The van der Waals surface area contributed by atoms with Crippen molar-refractivity contribution in [2.24, 2.45) is 0 Å². The number of aromatic nitrogens is 6. The first-order valence-corrected chi connectivity index (χ1v) is 39.2. The topological polar surface area (TPSA) is 117 Å². The Labute approximate surface area is 673 Å². The van der Waals surface area contributed by atoms with Gasteiger partial charge in [-0.25, -0.2) is 29.9 Å². The molecule has 23 rings (SSSR count). The monoisotopic (exact) mass is 1500 g/mol. The fraction of sp³-hybridized carbons (Fsp3) is 0. The molecule has 548 valence electrons. The summed E-state index contributed by atoms with van der Waals surface area (Å²) >= 11 is 0. The standard InChI is InChI=1S/2C38H24N2O.C32H20N2O/c1-3-10-25(11-4-1)37-33-23-29(19-21-34(33)39-38(40-37)26-12-5-2-6-13-26)27-14-9-15-28(22-27)30-18-20-32-31-16-7-8-17-35(31)41-36(32)24-30;1-3-10-25(11-4-1)37-33-21-19-29(23-34(33)39-38(40-37)26-12-5-2-6-13-26)27-14-9-15-28(22-27)30-18-20-32-31-16-7-8-17-35(31)41-36(32)24-30;1-3-9-21(10-4-1)31-27-19-23(16-18-28(27)33-32(34-31)22-11-5-2-6-12-22)24-15-17-26-25-13-7-8-14-29(25)35-30(26)20-24/h2*1-24H;1-20H. The second-order valence-electron chi connectivity index (χ2n) is 29.2. The average molecular weight is 1500 g/mol. The highest BCUT2D eigenvalue weighted by molar-refractivity contribution is 6.09. The van der Waals surface area contributed by atoms with E-state index in [2.05, 4.69) is 261 Å². The van der Waals surface area contributed by atoms with E-state index in [4.69, 9.17) is 43.2 Å². The predicted molar refractivity (Wildman–Crippen MR) is 480 cm³/mol. The summed E-state index contributed by atoms with van der Waals surface area (Å²) in [6, 6.07) is 142. The molecule has 0 atom stereocenters. The van der Waals surface area contributed by atoms with Gasteiger partial charge in [-0.2, -0.15) is 0 Å². The zero-order valence-electron chi connectivity index (χ0n) is 63.2. The Kier molecular flexibility index (Phi) is 17.7. The Morgan fingerprint density at radius 3 is 0.709 bits per heavy atom. The van der Waals surface area contributed by atoms with Gasteiger partial charge in [0.05, 0.1) is 33.6 Å². The number of hydrogen-bond donors (Lipinski definition) is 0. The summed E-state index contributed by atoms with van der Waals surface area (Å²) in [5.74, 6) is 2.18. The number of hydrogen-bond acceptors (Lipinski definition) is 9. The van der Waals surface area contributed by atoms with E-state index in [0.29, 0.717) is 0 Å². The van der Waals surface area contributed by atoms with Crippen LogP contribution in [-0.4, -0.2) is 29.9 Å². The highest BCUT2D eigenvalue weighted by Crippen LogP contribution is 2.42. The van der Waals surface area contributed by atoms with Gasteiger partial charge in [-0.15, -0.1) is 0 Å². The van der Waals surface area contributed by atoms with Gasteiger partial charge in [0.15, 0.2) is 17.5 Å². The van der Waals surface area contributed by atoms with Crippen molar-refractivity contribution in [1.82, 2.24) is 29.9 Å². The molecule has 0 aliphatic rings. The maximum absolute atomic E-state index is 6.16. The normalized spacial score (nSPS) is 11.4. The highest BCUT2D eigenvalue weighted by atomic mass is 16.3. The van der Waals surface area contributed by atoms with Crippen molar-refractivity contribution in [3.63, 3.8) is 0 Å². The Hall–Kier alpha value is -15.8. The lowest BCUT2D eigenvalue weighted by molar-refractivity contribution is 0.668. The molecule has 0 amide bonds. The molecule has 0 radical (unpaired) electrons. The minimum atomic E-state index is 0.724. The summed E-state index contributed by atoms with van der Waals surface area (Å²) in [6.45, 7) is 0. The molecule has 0 bridgehead atoms.